The van der Waals surface area contributed by atoms with Crippen molar-refractivity contribution in [2.75, 3.05) is 47.8 Å². The third kappa shape index (κ3) is 22.2. The van der Waals surface area contributed by atoms with Crippen molar-refractivity contribution >= 4 is 29.3 Å². The lowest BCUT2D eigenvalue weighted by molar-refractivity contribution is -0.126. The summed E-state index contributed by atoms with van der Waals surface area (Å²) < 4.78 is 0. The van der Waals surface area contributed by atoms with Gasteiger partial charge < -0.3 is 37.2 Å². The summed E-state index contributed by atoms with van der Waals surface area (Å²) >= 11 is 0. The monoisotopic (exact) mass is 597 g/mol. The Hall–Kier alpha value is -2.41. The Morgan fingerprint density at radius 3 is 1.24 bits per heavy atom. The molecule has 3 amide bonds. The van der Waals surface area contributed by atoms with E-state index in [0.29, 0.717) is 25.7 Å². The van der Waals surface area contributed by atoms with Gasteiger partial charge in [0.25, 0.3) is 0 Å². The number of hydrogen-bond donors (Lipinski definition) is 7. The average molecular weight is 598 g/mol. The van der Waals surface area contributed by atoms with Crippen LogP contribution in [0.1, 0.15) is 90.9 Å². The standard InChI is InChI=1S/C30H59N7O5/c1-22(38)18-25(11-8-16-32-4)35-28(40)14-13-27(19-23(2)39)37-30(42)21-26(12-9-17-33-5)36-29(41)20-24(34-6)10-7-15-31-3/h24-27,31-34H,7-21H2,1-6H3,(H,35,40)(H,36,41)(H,37,42). The molecule has 0 aromatic rings. The van der Waals surface area contributed by atoms with Crippen molar-refractivity contribution in [2.24, 2.45) is 0 Å². The molecule has 42 heavy (non-hydrogen) atoms. The van der Waals surface area contributed by atoms with Gasteiger partial charge in [-0.15, -0.1) is 0 Å². The van der Waals surface area contributed by atoms with E-state index in [1.165, 1.54) is 13.8 Å². The first-order valence-corrected chi connectivity index (χ1v) is 15.5. The first-order chi connectivity index (χ1) is 20.0. The normalized spacial score (nSPS) is 14.0. The van der Waals surface area contributed by atoms with Crippen molar-refractivity contribution in [2.45, 2.75) is 115 Å². The van der Waals surface area contributed by atoms with Gasteiger partial charge in [0, 0.05) is 56.3 Å². The third-order valence-corrected chi connectivity index (χ3v) is 7.09. The van der Waals surface area contributed by atoms with E-state index >= 15 is 0 Å². The number of amides is 3. The molecule has 4 unspecified atom stereocenters. The minimum absolute atomic E-state index is 0.0121. The molecule has 0 aliphatic heterocycles. The smallest absolute Gasteiger partial charge is 0.222 e. The predicted octanol–water partition coefficient (Wildman–Crippen LogP) is 0.546. The summed E-state index contributed by atoms with van der Waals surface area (Å²) in [7, 11) is 7.46. The van der Waals surface area contributed by atoms with Crippen LogP contribution in [0.3, 0.4) is 0 Å². The Morgan fingerprint density at radius 1 is 0.476 bits per heavy atom. The van der Waals surface area contributed by atoms with Crippen LogP contribution in [-0.4, -0.2) is 101 Å². The van der Waals surface area contributed by atoms with Gasteiger partial charge in [0.15, 0.2) is 0 Å². The summed E-state index contributed by atoms with van der Waals surface area (Å²) in [4.78, 5) is 62.1. The lowest BCUT2D eigenvalue weighted by Crippen LogP contribution is -2.44. The van der Waals surface area contributed by atoms with Crippen LogP contribution in [0.2, 0.25) is 0 Å². The van der Waals surface area contributed by atoms with Crippen molar-refractivity contribution in [3.8, 4) is 0 Å². The maximum Gasteiger partial charge on any atom is 0.222 e. The molecule has 0 rings (SSSR count). The van der Waals surface area contributed by atoms with E-state index in [1.54, 1.807) is 0 Å². The molecule has 0 spiro atoms. The molecule has 12 nitrogen and oxygen atoms in total. The summed E-state index contributed by atoms with van der Waals surface area (Å²) in [5.41, 5.74) is 0. The van der Waals surface area contributed by atoms with E-state index < -0.39 is 6.04 Å². The number of carbonyl (C=O) groups excluding carboxylic acids is 5. The minimum Gasteiger partial charge on any atom is -0.353 e. The Bertz CT molecular complexity index is 796. The molecule has 0 aromatic heterocycles. The molecular weight excluding hydrogens is 538 g/mol. The van der Waals surface area contributed by atoms with E-state index in [-0.39, 0.29) is 73.1 Å². The van der Waals surface area contributed by atoms with Gasteiger partial charge >= 0.3 is 0 Å². The van der Waals surface area contributed by atoms with E-state index in [4.69, 9.17) is 0 Å². The van der Waals surface area contributed by atoms with Gasteiger partial charge in [-0.1, -0.05) is 0 Å². The molecule has 0 aromatic carbocycles. The van der Waals surface area contributed by atoms with Crippen LogP contribution >= 0.6 is 0 Å². The molecule has 0 heterocycles. The van der Waals surface area contributed by atoms with Crippen molar-refractivity contribution in [3.05, 3.63) is 0 Å². The van der Waals surface area contributed by atoms with Crippen LogP contribution < -0.4 is 37.2 Å². The summed E-state index contributed by atoms with van der Waals surface area (Å²) in [5.74, 6) is -0.653. The first kappa shape index (κ1) is 39.6. The van der Waals surface area contributed by atoms with Gasteiger partial charge in [-0.25, -0.2) is 0 Å². The van der Waals surface area contributed by atoms with Crippen LogP contribution in [-0.2, 0) is 24.0 Å². The Kier molecular flexibility index (Phi) is 23.7. The number of carbonyl (C=O) groups is 5. The van der Waals surface area contributed by atoms with E-state index in [0.717, 1.165) is 45.3 Å². The molecule has 0 aliphatic rings. The third-order valence-electron chi connectivity index (χ3n) is 7.09. The number of ketones is 2. The molecule has 0 fully saturated rings. The Morgan fingerprint density at radius 2 is 0.833 bits per heavy atom. The Balaban J connectivity index is 5.12. The second-order valence-electron chi connectivity index (χ2n) is 11.3. The van der Waals surface area contributed by atoms with Crippen LogP contribution in [0.25, 0.3) is 0 Å². The summed E-state index contributed by atoms with van der Waals surface area (Å²) in [6.45, 7) is 5.40. The fourth-order valence-electron chi connectivity index (χ4n) is 4.92. The van der Waals surface area contributed by atoms with Gasteiger partial charge in [-0.2, -0.15) is 0 Å². The number of rotatable bonds is 27. The highest BCUT2D eigenvalue weighted by Crippen LogP contribution is 2.10. The number of nitrogens with one attached hydrogen (secondary N) is 7. The van der Waals surface area contributed by atoms with E-state index in [2.05, 4.69) is 37.2 Å². The van der Waals surface area contributed by atoms with Gasteiger partial charge in [0.05, 0.1) is 0 Å². The zero-order valence-electron chi connectivity index (χ0n) is 27.0. The molecule has 244 valence electrons. The van der Waals surface area contributed by atoms with Gasteiger partial charge in [-0.3, -0.25) is 24.0 Å². The molecule has 0 bridgehead atoms. The number of Topliss-reactive ketones (excluding diaryl/α,β-unsaturated/α-hetero) is 2. The highest BCUT2D eigenvalue weighted by Gasteiger charge is 2.22. The van der Waals surface area contributed by atoms with Crippen molar-refractivity contribution in [1.29, 1.82) is 0 Å². The Labute approximate surface area is 253 Å². The molecule has 0 saturated heterocycles. The van der Waals surface area contributed by atoms with Crippen LogP contribution in [0.5, 0.6) is 0 Å². The summed E-state index contributed by atoms with van der Waals surface area (Å²) in [6, 6.07) is -1.02. The lowest BCUT2D eigenvalue weighted by atomic mass is 10.0. The van der Waals surface area contributed by atoms with Gasteiger partial charge in [0.1, 0.15) is 11.6 Å². The van der Waals surface area contributed by atoms with E-state index in [9.17, 15) is 24.0 Å². The molecular formula is C30H59N7O5. The number of hydrogen-bond acceptors (Lipinski definition) is 9. The second-order valence-corrected chi connectivity index (χ2v) is 11.3. The summed E-state index contributed by atoms with van der Waals surface area (Å²) in [5, 5.41) is 21.4. The van der Waals surface area contributed by atoms with Crippen LogP contribution in [0.15, 0.2) is 0 Å². The molecule has 0 radical (unpaired) electrons. The topological polar surface area (TPSA) is 170 Å². The van der Waals surface area contributed by atoms with Crippen molar-refractivity contribution < 1.29 is 24.0 Å². The SMILES string of the molecule is CNCCCC(CC(=O)NC(CCCNC)CC(=O)NC(CCC(=O)NC(CCCNC)CC(C)=O)CC(C)=O)NC. The molecule has 0 saturated carbocycles. The van der Waals surface area contributed by atoms with Gasteiger partial charge in [-0.05, 0) is 107 Å². The second kappa shape index (κ2) is 25.1. The van der Waals surface area contributed by atoms with Crippen molar-refractivity contribution in [3.63, 3.8) is 0 Å². The zero-order valence-corrected chi connectivity index (χ0v) is 27.0. The van der Waals surface area contributed by atoms with Gasteiger partial charge in [0.2, 0.25) is 17.7 Å². The first-order valence-electron chi connectivity index (χ1n) is 15.5. The fourth-order valence-corrected chi connectivity index (χ4v) is 4.92. The largest absolute Gasteiger partial charge is 0.353 e. The molecule has 0 aliphatic carbocycles. The zero-order chi connectivity index (χ0) is 31.8. The van der Waals surface area contributed by atoms with Crippen molar-refractivity contribution in [1.82, 2.24) is 37.2 Å². The maximum absolute atomic E-state index is 13.1. The molecule has 4 atom stereocenters. The minimum atomic E-state index is -0.495. The van der Waals surface area contributed by atoms with Crippen LogP contribution in [0, 0.1) is 0 Å². The predicted molar refractivity (Wildman–Crippen MR) is 167 cm³/mol. The summed E-state index contributed by atoms with van der Waals surface area (Å²) in [6.07, 6.45) is 5.98. The fraction of sp³-hybridized carbons (Fsp3) is 0.833. The van der Waals surface area contributed by atoms with Crippen LogP contribution in [0.4, 0.5) is 0 Å². The average Bonchev–Trinajstić information content (AvgIpc) is 2.90. The van der Waals surface area contributed by atoms with E-state index in [1.807, 2.05) is 28.2 Å². The quantitative estimate of drug-likeness (QED) is 0.0669. The molecule has 7 N–H and O–H groups in total. The lowest BCUT2D eigenvalue weighted by Gasteiger charge is -2.23. The highest BCUT2D eigenvalue weighted by molar-refractivity contribution is 5.82. The molecule has 12 heteroatoms. The highest BCUT2D eigenvalue weighted by atomic mass is 16.2. The maximum atomic E-state index is 13.1.